The van der Waals surface area contributed by atoms with Crippen LogP contribution in [0, 0.1) is 0 Å². The monoisotopic (exact) mass is 167 g/mol. The molecular formula is C3H3Cl2N3O. The van der Waals surface area contributed by atoms with E-state index < -0.39 is 11.3 Å². The van der Waals surface area contributed by atoms with Crippen molar-refractivity contribution in [2.45, 2.75) is 5.38 Å². The first kappa shape index (κ1) is 8.56. The van der Waals surface area contributed by atoms with E-state index in [2.05, 4.69) is 10.0 Å². The molecule has 0 saturated carbocycles. The van der Waals surface area contributed by atoms with Gasteiger partial charge in [-0.2, -0.15) is 0 Å². The summed E-state index contributed by atoms with van der Waals surface area (Å²) in [7, 11) is 0. The van der Waals surface area contributed by atoms with Crippen LogP contribution in [0.2, 0.25) is 0 Å². The highest BCUT2D eigenvalue weighted by Gasteiger charge is 2.10. The van der Waals surface area contributed by atoms with Crippen molar-refractivity contribution in [3.05, 3.63) is 10.4 Å². The summed E-state index contributed by atoms with van der Waals surface area (Å²) >= 11 is 10.4. The summed E-state index contributed by atoms with van der Waals surface area (Å²) in [6, 6.07) is 0. The third kappa shape index (κ3) is 3.19. The fourth-order valence-electron chi connectivity index (χ4n) is 0.173. The molecule has 4 nitrogen and oxygen atoms in total. The molecule has 0 saturated heterocycles. The molecular weight excluding hydrogens is 165 g/mol. The second kappa shape index (κ2) is 4.44. The van der Waals surface area contributed by atoms with Gasteiger partial charge < -0.3 is 0 Å². The van der Waals surface area contributed by atoms with Gasteiger partial charge in [0.05, 0.1) is 0 Å². The number of alkyl halides is 2. The number of hydrogen-bond acceptors (Lipinski definition) is 1. The summed E-state index contributed by atoms with van der Waals surface area (Å²) in [5, 5.41) is 1.82. The normalized spacial score (nSPS) is 11.8. The predicted molar refractivity (Wildman–Crippen MR) is 34.5 cm³/mol. The Hall–Kier alpha value is -0.440. The zero-order valence-electron chi connectivity index (χ0n) is 4.29. The quantitative estimate of drug-likeness (QED) is 0.267. The maximum Gasteiger partial charge on any atom is 0.237 e. The molecule has 0 aromatic carbocycles. The first-order valence-electron chi connectivity index (χ1n) is 2.01. The van der Waals surface area contributed by atoms with Crippen molar-refractivity contribution in [2.24, 2.45) is 5.11 Å². The fourth-order valence-corrected chi connectivity index (χ4v) is 0.348. The highest BCUT2D eigenvalue weighted by Crippen LogP contribution is 2.00. The van der Waals surface area contributed by atoms with E-state index in [0.717, 1.165) is 0 Å². The van der Waals surface area contributed by atoms with Crippen molar-refractivity contribution < 1.29 is 4.79 Å². The number of carbonyl (C=O) groups excluding carboxylic acids is 1. The number of amides is 1. The lowest BCUT2D eigenvalue weighted by atomic mass is 10.5. The topological polar surface area (TPSA) is 65.8 Å². The van der Waals surface area contributed by atoms with Gasteiger partial charge in [0.1, 0.15) is 5.38 Å². The average molecular weight is 168 g/mol. The van der Waals surface area contributed by atoms with Gasteiger partial charge in [-0.25, -0.2) is 0 Å². The number of halogens is 2. The minimum absolute atomic E-state index is 0.0423. The molecule has 0 aliphatic heterocycles. The largest absolute Gasteiger partial charge is 0.291 e. The van der Waals surface area contributed by atoms with E-state index >= 15 is 0 Å². The molecule has 0 radical (unpaired) electrons. The minimum Gasteiger partial charge on any atom is -0.291 e. The summed E-state index contributed by atoms with van der Waals surface area (Å²) < 4.78 is 0. The molecule has 0 aliphatic carbocycles. The van der Waals surface area contributed by atoms with Crippen molar-refractivity contribution in [1.29, 1.82) is 0 Å². The van der Waals surface area contributed by atoms with E-state index in [1.807, 2.05) is 0 Å². The highest BCUT2D eigenvalue weighted by atomic mass is 35.5. The number of carbonyl (C=O) groups is 1. The number of azide groups is 1. The lowest BCUT2D eigenvalue weighted by Crippen LogP contribution is -2.11. The molecule has 9 heavy (non-hydrogen) atoms. The Balaban J connectivity index is 3.87. The minimum atomic E-state index is -0.900. The van der Waals surface area contributed by atoms with Gasteiger partial charge in [-0.15, -0.1) is 23.2 Å². The Labute approximate surface area is 61.4 Å². The third-order valence-electron chi connectivity index (χ3n) is 0.547. The van der Waals surface area contributed by atoms with E-state index in [0.29, 0.717) is 0 Å². The number of hydrogen-bond donors (Lipinski definition) is 0. The van der Waals surface area contributed by atoms with Crippen LogP contribution in [0.3, 0.4) is 0 Å². The van der Waals surface area contributed by atoms with E-state index in [1.165, 1.54) is 0 Å². The highest BCUT2D eigenvalue weighted by molar-refractivity contribution is 6.36. The van der Waals surface area contributed by atoms with Gasteiger partial charge in [0.15, 0.2) is 0 Å². The Morgan fingerprint density at radius 3 is 2.78 bits per heavy atom. The first-order valence-corrected chi connectivity index (χ1v) is 2.98. The maximum atomic E-state index is 10.3. The molecule has 6 heteroatoms. The zero-order chi connectivity index (χ0) is 7.28. The molecule has 0 aliphatic rings. The van der Waals surface area contributed by atoms with Crippen LogP contribution in [0.5, 0.6) is 0 Å². The van der Waals surface area contributed by atoms with Crippen molar-refractivity contribution in [3.8, 4) is 0 Å². The van der Waals surface area contributed by atoms with Crippen LogP contribution in [0.4, 0.5) is 0 Å². The van der Waals surface area contributed by atoms with Crippen LogP contribution < -0.4 is 0 Å². The molecule has 0 bridgehead atoms. The standard InChI is InChI=1S/C3H3Cl2N3O/c4-1-2(5)3(9)7-8-6/h2H,1H2. The predicted octanol–water partition coefficient (Wildman–Crippen LogP) is 1.67. The second-order valence-corrected chi connectivity index (χ2v) is 1.98. The lowest BCUT2D eigenvalue weighted by molar-refractivity contribution is -0.117. The molecule has 1 atom stereocenters. The van der Waals surface area contributed by atoms with Gasteiger partial charge in [0.2, 0.25) is 5.91 Å². The van der Waals surface area contributed by atoms with Gasteiger partial charge >= 0.3 is 0 Å². The zero-order valence-corrected chi connectivity index (χ0v) is 5.80. The summed E-state index contributed by atoms with van der Waals surface area (Å²) in [6.07, 6.45) is 0. The van der Waals surface area contributed by atoms with Crippen LogP contribution in [-0.4, -0.2) is 17.2 Å². The molecule has 0 rings (SSSR count). The first-order chi connectivity index (χ1) is 4.22. The van der Waals surface area contributed by atoms with E-state index in [1.54, 1.807) is 0 Å². The molecule has 0 fully saturated rings. The van der Waals surface area contributed by atoms with E-state index in [4.69, 9.17) is 28.7 Å². The van der Waals surface area contributed by atoms with Gasteiger partial charge in [-0.05, 0) is 10.6 Å². The van der Waals surface area contributed by atoms with Crippen molar-refractivity contribution in [1.82, 2.24) is 0 Å². The Bertz CT molecular complexity index is 153. The molecule has 0 heterocycles. The molecule has 1 unspecified atom stereocenters. The SMILES string of the molecule is [N-]=[N+]=NC(=O)C(Cl)CCl. The van der Waals surface area contributed by atoms with Gasteiger partial charge in [-0.3, -0.25) is 4.79 Å². The second-order valence-electron chi connectivity index (χ2n) is 1.15. The molecule has 50 valence electrons. The Morgan fingerprint density at radius 2 is 2.44 bits per heavy atom. The number of rotatable bonds is 2. The Morgan fingerprint density at radius 1 is 1.89 bits per heavy atom. The van der Waals surface area contributed by atoms with Crippen LogP contribution in [0.25, 0.3) is 10.4 Å². The molecule has 0 aromatic heterocycles. The summed E-state index contributed by atoms with van der Waals surface area (Å²) in [5.74, 6) is -0.784. The fraction of sp³-hybridized carbons (Fsp3) is 0.667. The van der Waals surface area contributed by atoms with Crippen LogP contribution >= 0.6 is 23.2 Å². The third-order valence-corrected chi connectivity index (χ3v) is 1.35. The van der Waals surface area contributed by atoms with Gasteiger partial charge in [0, 0.05) is 10.8 Å². The molecule has 1 amide bonds. The number of nitrogens with zero attached hydrogens (tertiary/aromatic N) is 3. The van der Waals surface area contributed by atoms with Crippen LogP contribution in [-0.2, 0) is 4.79 Å². The maximum absolute atomic E-state index is 10.3. The van der Waals surface area contributed by atoms with Gasteiger partial charge in [-0.1, -0.05) is 0 Å². The average Bonchev–Trinajstić information content (AvgIpc) is 1.87. The van der Waals surface area contributed by atoms with Crippen molar-refractivity contribution in [2.75, 3.05) is 5.88 Å². The van der Waals surface area contributed by atoms with Gasteiger partial charge in [0.25, 0.3) is 0 Å². The van der Waals surface area contributed by atoms with E-state index in [-0.39, 0.29) is 5.88 Å². The molecule has 0 N–H and O–H groups in total. The lowest BCUT2D eigenvalue weighted by Gasteiger charge is -1.93. The van der Waals surface area contributed by atoms with Crippen LogP contribution in [0.15, 0.2) is 5.11 Å². The smallest absolute Gasteiger partial charge is 0.237 e. The summed E-state index contributed by atoms with van der Waals surface area (Å²) in [4.78, 5) is 12.6. The molecule has 0 spiro atoms. The molecule has 0 aromatic rings. The van der Waals surface area contributed by atoms with Crippen molar-refractivity contribution >= 4 is 29.1 Å². The summed E-state index contributed by atoms with van der Waals surface area (Å²) in [5.41, 5.74) is 7.72. The summed E-state index contributed by atoms with van der Waals surface area (Å²) in [6.45, 7) is 0. The van der Waals surface area contributed by atoms with Crippen molar-refractivity contribution in [3.63, 3.8) is 0 Å². The van der Waals surface area contributed by atoms with Crippen LogP contribution in [0.1, 0.15) is 0 Å². The Kier molecular flexibility index (Phi) is 4.22. The van der Waals surface area contributed by atoms with E-state index in [9.17, 15) is 4.79 Å².